The maximum Gasteiger partial charge on any atom is 0.233 e. The predicted octanol–water partition coefficient (Wildman–Crippen LogP) is 0.787. The lowest BCUT2D eigenvalue weighted by Crippen LogP contribution is -2.27. The fourth-order valence-corrected chi connectivity index (χ4v) is 2.42. The van der Waals surface area contributed by atoms with Crippen LogP contribution in [0.2, 0.25) is 0 Å². The molecule has 1 amide bonds. The van der Waals surface area contributed by atoms with Crippen molar-refractivity contribution in [1.29, 1.82) is 0 Å². The molecule has 0 radical (unpaired) electrons. The van der Waals surface area contributed by atoms with Gasteiger partial charge in [0.05, 0.1) is 5.75 Å². The van der Waals surface area contributed by atoms with E-state index in [1.807, 2.05) is 30.3 Å². The van der Waals surface area contributed by atoms with Gasteiger partial charge in [0.25, 0.3) is 0 Å². The zero-order valence-corrected chi connectivity index (χ0v) is 12.4. The molecule has 1 heterocycles. The Bertz CT molecular complexity index is 601. The van der Waals surface area contributed by atoms with E-state index in [0.29, 0.717) is 11.7 Å². The third-order valence-corrected chi connectivity index (χ3v) is 3.49. The normalized spacial score (nSPS) is 10.3. The van der Waals surface area contributed by atoms with Gasteiger partial charge in [0, 0.05) is 13.6 Å². The number of aromatic nitrogens is 3. The van der Waals surface area contributed by atoms with E-state index in [-0.39, 0.29) is 23.6 Å². The van der Waals surface area contributed by atoms with Crippen molar-refractivity contribution < 1.29 is 4.79 Å². The van der Waals surface area contributed by atoms with Crippen molar-refractivity contribution in [3.63, 3.8) is 0 Å². The first-order valence-corrected chi connectivity index (χ1v) is 7.21. The molecule has 0 aliphatic carbocycles. The molecule has 110 valence electrons. The van der Waals surface area contributed by atoms with Crippen LogP contribution in [0, 0.1) is 0 Å². The van der Waals surface area contributed by atoms with Gasteiger partial charge in [-0.1, -0.05) is 42.1 Å². The summed E-state index contributed by atoms with van der Waals surface area (Å²) in [6.45, 7) is 0.557. The van der Waals surface area contributed by atoms with Gasteiger partial charge in [0.15, 0.2) is 5.16 Å². The number of nitrogens with zero attached hydrogens (tertiary/aromatic N) is 4. The Morgan fingerprint density at radius 3 is 2.38 bits per heavy atom. The van der Waals surface area contributed by atoms with Crippen LogP contribution in [0.25, 0.3) is 0 Å². The molecule has 2 rings (SSSR count). The lowest BCUT2D eigenvalue weighted by atomic mass is 10.2. The molecule has 7 nitrogen and oxygen atoms in total. The number of anilines is 2. The standard InChI is InChI=1S/C13H16N6OS/c1-19(7-9-5-3-2-4-6-9)10(20)8-21-13-17-11(14)16-12(15)18-13/h2-6H,7-8H2,1H3,(H4,14,15,16,17,18). The summed E-state index contributed by atoms with van der Waals surface area (Å²) in [5, 5.41) is 0.349. The minimum absolute atomic E-state index is 0.0265. The molecular formula is C13H16N6OS. The zero-order chi connectivity index (χ0) is 15.2. The van der Waals surface area contributed by atoms with Crippen LogP contribution in [0.15, 0.2) is 35.5 Å². The van der Waals surface area contributed by atoms with Gasteiger partial charge < -0.3 is 16.4 Å². The predicted molar refractivity (Wildman–Crippen MR) is 82.3 cm³/mol. The third kappa shape index (κ3) is 4.60. The number of benzene rings is 1. The smallest absolute Gasteiger partial charge is 0.233 e. The molecule has 0 fully saturated rings. The second-order valence-electron chi connectivity index (χ2n) is 4.36. The molecule has 0 atom stereocenters. The molecule has 0 unspecified atom stereocenters. The maximum atomic E-state index is 12.1. The van der Waals surface area contributed by atoms with Crippen LogP contribution in [0.4, 0.5) is 11.9 Å². The molecule has 0 spiro atoms. The van der Waals surface area contributed by atoms with Crippen molar-refractivity contribution in [3.8, 4) is 0 Å². The first kappa shape index (κ1) is 15.0. The van der Waals surface area contributed by atoms with Crippen molar-refractivity contribution in [2.45, 2.75) is 11.7 Å². The van der Waals surface area contributed by atoms with Crippen molar-refractivity contribution in [2.75, 3.05) is 24.3 Å². The molecule has 0 aliphatic rings. The Hall–Kier alpha value is -2.35. The Morgan fingerprint density at radius 2 is 1.76 bits per heavy atom. The third-order valence-electron chi connectivity index (χ3n) is 2.66. The summed E-state index contributed by atoms with van der Waals surface area (Å²) in [6.07, 6.45) is 0. The molecular weight excluding hydrogens is 288 g/mol. The monoisotopic (exact) mass is 304 g/mol. The fourth-order valence-electron chi connectivity index (χ4n) is 1.63. The molecule has 8 heteroatoms. The van der Waals surface area contributed by atoms with Crippen LogP contribution in [-0.2, 0) is 11.3 Å². The minimum Gasteiger partial charge on any atom is -0.368 e. The average Bonchev–Trinajstić information content (AvgIpc) is 2.44. The van der Waals surface area contributed by atoms with Crippen LogP contribution in [-0.4, -0.2) is 38.6 Å². The van der Waals surface area contributed by atoms with E-state index >= 15 is 0 Å². The highest BCUT2D eigenvalue weighted by Crippen LogP contribution is 2.15. The first-order chi connectivity index (χ1) is 10.0. The molecule has 1 aromatic heterocycles. The number of carbonyl (C=O) groups excluding carboxylic acids is 1. The molecule has 0 saturated heterocycles. The molecule has 4 N–H and O–H groups in total. The Balaban J connectivity index is 1.89. The number of nitrogens with two attached hydrogens (primary N) is 2. The summed E-state index contributed by atoms with van der Waals surface area (Å²) in [5.74, 6) is 0.290. The quantitative estimate of drug-likeness (QED) is 0.785. The minimum atomic E-state index is -0.0265. The van der Waals surface area contributed by atoms with Crippen LogP contribution in [0.5, 0.6) is 0 Å². The topological polar surface area (TPSA) is 111 Å². The highest BCUT2D eigenvalue weighted by Gasteiger charge is 2.11. The van der Waals surface area contributed by atoms with E-state index in [1.54, 1.807) is 11.9 Å². The van der Waals surface area contributed by atoms with Crippen LogP contribution in [0.3, 0.4) is 0 Å². The number of carbonyl (C=O) groups is 1. The van der Waals surface area contributed by atoms with Crippen molar-refractivity contribution in [2.24, 2.45) is 0 Å². The van der Waals surface area contributed by atoms with E-state index in [2.05, 4.69) is 15.0 Å². The van der Waals surface area contributed by atoms with Gasteiger partial charge in [-0.25, -0.2) is 0 Å². The van der Waals surface area contributed by atoms with Crippen LogP contribution >= 0.6 is 11.8 Å². The van der Waals surface area contributed by atoms with Gasteiger partial charge in [-0.15, -0.1) is 0 Å². The van der Waals surface area contributed by atoms with Gasteiger partial charge in [-0.2, -0.15) is 15.0 Å². The van der Waals surface area contributed by atoms with Gasteiger partial charge in [-0.05, 0) is 5.56 Å². The van der Waals surface area contributed by atoms with Gasteiger partial charge in [0.2, 0.25) is 17.8 Å². The van der Waals surface area contributed by atoms with Crippen molar-refractivity contribution >= 4 is 29.6 Å². The van der Waals surface area contributed by atoms with Crippen molar-refractivity contribution in [1.82, 2.24) is 19.9 Å². The Kier molecular flexibility index (Phi) is 4.94. The lowest BCUT2D eigenvalue weighted by Gasteiger charge is -2.16. The summed E-state index contributed by atoms with van der Waals surface area (Å²) < 4.78 is 0. The van der Waals surface area contributed by atoms with Gasteiger partial charge >= 0.3 is 0 Å². The Labute approximate surface area is 126 Å². The van der Waals surface area contributed by atoms with E-state index in [0.717, 1.165) is 5.56 Å². The molecule has 0 bridgehead atoms. The molecule has 0 saturated carbocycles. The van der Waals surface area contributed by atoms with E-state index in [1.165, 1.54) is 11.8 Å². The summed E-state index contributed by atoms with van der Waals surface area (Å²) in [5.41, 5.74) is 12.0. The first-order valence-electron chi connectivity index (χ1n) is 6.22. The van der Waals surface area contributed by atoms with Gasteiger partial charge in [0.1, 0.15) is 0 Å². The zero-order valence-electron chi connectivity index (χ0n) is 11.6. The van der Waals surface area contributed by atoms with E-state index < -0.39 is 0 Å². The lowest BCUT2D eigenvalue weighted by molar-refractivity contribution is -0.127. The number of rotatable bonds is 5. The highest BCUT2D eigenvalue weighted by molar-refractivity contribution is 7.99. The highest BCUT2D eigenvalue weighted by atomic mass is 32.2. The molecule has 2 aromatic rings. The van der Waals surface area contributed by atoms with Crippen LogP contribution in [0.1, 0.15) is 5.56 Å². The number of amides is 1. The fraction of sp³-hybridized carbons (Fsp3) is 0.231. The van der Waals surface area contributed by atoms with Crippen molar-refractivity contribution in [3.05, 3.63) is 35.9 Å². The SMILES string of the molecule is CN(Cc1ccccc1)C(=O)CSc1nc(N)nc(N)n1. The van der Waals surface area contributed by atoms with E-state index in [9.17, 15) is 4.79 Å². The van der Waals surface area contributed by atoms with Gasteiger partial charge in [-0.3, -0.25) is 4.79 Å². The molecule has 1 aromatic carbocycles. The largest absolute Gasteiger partial charge is 0.368 e. The number of hydrogen-bond acceptors (Lipinski definition) is 7. The summed E-state index contributed by atoms with van der Waals surface area (Å²) in [6, 6.07) is 9.78. The second kappa shape index (κ2) is 6.89. The summed E-state index contributed by atoms with van der Waals surface area (Å²) >= 11 is 1.18. The molecule has 0 aliphatic heterocycles. The van der Waals surface area contributed by atoms with Crippen LogP contribution < -0.4 is 11.5 Å². The summed E-state index contributed by atoms with van der Waals surface area (Å²) in [7, 11) is 1.76. The number of hydrogen-bond donors (Lipinski definition) is 2. The van der Waals surface area contributed by atoms with E-state index in [4.69, 9.17) is 11.5 Å². The number of nitrogen functional groups attached to an aromatic ring is 2. The number of thioether (sulfide) groups is 1. The summed E-state index contributed by atoms with van der Waals surface area (Å²) in [4.78, 5) is 25.2. The maximum absolute atomic E-state index is 12.1. The Morgan fingerprint density at radius 1 is 1.14 bits per heavy atom. The second-order valence-corrected chi connectivity index (χ2v) is 5.30. The molecule has 21 heavy (non-hydrogen) atoms. The average molecular weight is 304 g/mol.